The second-order valence-electron chi connectivity index (χ2n) is 5.86. The molecule has 0 bridgehead atoms. The summed E-state index contributed by atoms with van der Waals surface area (Å²) in [5.74, 6) is 0.862. The van der Waals surface area contributed by atoms with Crippen LogP contribution in [0.4, 0.5) is 0 Å². The zero-order valence-electron chi connectivity index (χ0n) is 11.6. The third kappa shape index (κ3) is 5.07. The van der Waals surface area contributed by atoms with E-state index in [-0.39, 0.29) is 5.91 Å². The highest BCUT2D eigenvalue weighted by atomic mass is 16.1. The van der Waals surface area contributed by atoms with Gasteiger partial charge in [-0.2, -0.15) is 0 Å². The van der Waals surface area contributed by atoms with Crippen LogP contribution in [0.5, 0.6) is 0 Å². The van der Waals surface area contributed by atoms with E-state index in [2.05, 4.69) is 24.5 Å². The summed E-state index contributed by atoms with van der Waals surface area (Å²) < 4.78 is 0. The highest BCUT2D eigenvalue weighted by Gasteiger charge is 2.34. The van der Waals surface area contributed by atoms with Crippen molar-refractivity contribution in [2.75, 3.05) is 19.6 Å². The van der Waals surface area contributed by atoms with Gasteiger partial charge in [-0.05, 0) is 37.1 Å². The van der Waals surface area contributed by atoms with E-state index < -0.39 is 0 Å². The van der Waals surface area contributed by atoms with Crippen molar-refractivity contribution < 1.29 is 4.79 Å². The lowest BCUT2D eigenvalue weighted by Crippen LogP contribution is -2.40. The zero-order valence-corrected chi connectivity index (χ0v) is 11.6. The first-order chi connectivity index (χ1) is 8.08. The van der Waals surface area contributed by atoms with Gasteiger partial charge in [0.15, 0.2) is 0 Å². The summed E-state index contributed by atoms with van der Waals surface area (Å²) in [4.78, 5) is 11.6. The van der Waals surface area contributed by atoms with E-state index in [1.54, 1.807) is 0 Å². The maximum absolute atomic E-state index is 11.6. The molecule has 3 nitrogen and oxygen atoms in total. The number of amides is 1. The van der Waals surface area contributed by atoms with Crippen LogP contribution < -0.4 is 10.6 Å². The van der Waals surface area contributed by atoms with Crippen molar-refractivity contribution in [2.45, 2.75) is 52.9 Å². The number of hydrogen-bond donors (Lipinski definition) is 2. The second-order valence-corrected chi connectivity index (χ2v) is 5.86. The maximum Gasteiger partial charge on any atom is 0.233 e. The van der Waals surface area contributed by atoms with Gasteiger partial charge in [0.25, 0.3) is 0 Å². The highest BCUT2D eigenvalue weighted by Crippen LogP contribution is 2.42. The van der Waals surface area contributed by atoms with Crippen LogP contribution in [0.2, 0.25) is 0 Å². The molecule has 0 aliphatic heterocycles. The van der Waals surface area contributed by atoms with Crippen LogP contribution in [0.3, 0.4) is 0 Å². The summed E-state index contributed by atoms with van der Waals surface area (Å²) >= 11 is 0. The van der Waals surface area contributed by atoms with Gasteiger partial charge in [-0.3, -0.25) is 4.79 Å². The van der Waals surface area contributed by atoms with Crippen molar-refractivity contribution in [3.05, 3.63) is 0 Å². The molecule has 3 heteroatoms. The predicted octanol–water partition coefficient (Wildman–Crippen LogP) is 2.32. The van der Waals surface area contributed by atoms with Crippen LogP contribution in [-0.4, -0.2) is 25.5 Å². The molecule has 2 N–H and O–H groups in total. The van der Waals surface area contributed by atoms with E-state index in [0.717, 1.165) is 19.0 Å². The standard InChI is InChI=1S/C14H28N2O/c1-4-15-10-13(17)16-11-14(9-12(2)3)7-5-6-8-14/h12,15H,4-11H2,1-3H3,(H,16,17). The Hall–Kier alpha value is -0.570. The van der Waals surface area contributed by atoms with Gasteiger partial charge in [0, 0.05) is 6.54 Å². The first-order valence-electron chi connectivity index (χ1n) is 7.05. The number of nitrogens with one attached hydrogen (secondary N) is 2. The summed E-state index contributed by atoms with van der Waals surface area (Å²) in [6.07, 6.45) is 6.47. The minimum absolute atomic E-state index is 0.141. The van der Waals surface area contributed by atoms with Crippen LogP contribution in [-0.2, 0) is 4.79 Å². The van der Waals surface area contributed by atoms with Crippen LogP contribution in [0.1, 0.15) is 52.9 Å². The second kappa shape index (κ2) is 7.00. The summed E-state index contributed by atoms with van der Waals surface area (Å²) in [5.41, 5.74) is 0.385. The molecule has 0 spiro atoms. The first-order valence-corrected chi connectivity index (χ1v) is 7.05. The number of carbonyl (C=O) groups excluding carboxylic acids is 1. The fourth-order valence-corrected chi connectivity index (χ4v) is 3.03. The van der Waals surface area contributed by atoms with Gasteiger partial charge >= 0.3 is 0 Å². The number of rotatable bonds is 7. The molecule has 0 saturated heterocycles. The third-order valence-electron chi connectivity index (χ3n) is 3.70. The predicted molar refractivity (Wildman–Crippen MR) is 71.9 cm³/mol. The summed E-state index contributed by atoms with van der Waals surface area (Å²) in [6, 6.07) is 0. The molecule has 1 aliphatic carbocycles. The van der Waals surface area contributed by atoms with Gasteiger partial charge in [-0.25, -0.2) is 0 Å². The van der Waals surface area contributed by atoms with E-state index in [1.807, 2.05) is 6.92 Å². The van der Waals surface area contributed by atoms with Gasteiger partial charge in [0.2, 0.25) is 5.91 Å². The smallest absolute Gasteiger partial charge is 0.233 e. The lowest BCUT2D eigenvalue weighted by molar-refractivity contribution is -0.120. The van der Waals surface area contributed by atoms with Crippen molar-refractivity contribution in [3.63, 3.8) is 0 Å². The largest absolute Gasteiger partial charge is 0.354 e. The molecule has 0 unspecified atom stereocenters. The Balaban J connectivity index is 2.36. The molecule has 0 atom stereocenters. The van der Waals surface area contributed by atoms with Gasteiger partial charge < -0.3 is 10.6 Å². The monoisotopic (exact) mass is 240 g/mol. The molecule has 17 heavy (non-hydrogen) atoms. The molecule has 100 valence electrons. The van der Waals surface area contributed by atoms with Crippen LogP contribution >= 0.6 is 0 Å². The van der Waals surface area contributed by atoms with Gasteiger partial charge in [0.05, 0.1) is 6.54 Å². The molecule has 0 heterocycles. The first kappa shape index (κ1) is 14.5. The van der Waals surface area contributed by atoms with Gasteiger partial charge in [-0.15, -0.1) is 0 Å². The SMILES string of the molecule is CCNCC(=O)NCC1(CC(C)C)CCCC1. The van der Waals surface area contributed by atoms with Crippen molar-refractivity contribution in [2.24, 2.45) is 11.3 Å². The molecule has 0 radical (unpaired) electrons. The molecule has 1 saturated carbocycles. The Morgan fingerprint density at radius 1 is 1.29 bits per heavy atom. The Labute approximate surface area is 106 Å². The fourth-order valence-electron chi connectivity index (χ4n) is 3.03. The molecule has 0 aromatic heterocycles. The van der Waals surface area contributed by atoms with Gasteiger partial charge in [0.1, 0.15) is 0 Å². The van der Waals surface area contributed by atoms with Crippen molar-refractivity contribution >= 4 is 5.91 Å². The molecule has 1 fully saturated rings. The zero-order chi connectivity index (χ0) is 12.7. The minimum atomic E-state index is 0.141. The van der Waals surface area contributed by atoms with Crippen LogP contribution in [0.25, 0.3) is 0 Å². The highest BCUT2D eigenvalue weighted by molar-refractivity contribution is 5.78. The number of likely N-dealkylation sites (N-methyl/N-ethyl adjacent to an activating group) is 1. The molecule has 1 aliphatic rings. The minimum Gasteiger partial charge on any atom is -0.354 e. The molecule has 0 aromatic rings. The van der Waals surface area contributed by atoms with Crippen molar-refractivity contribution in [1.29, 1.82) is 0 Å². The van der Waals surface area contributed by atoms with Gasteiger partial charge in [-0.1, -0.05) is 33.6 Å². The molecule has 0 aromatic carbocycles. The van der Waals surface area contributed by atoms with E-state index in [4.69, 9.17) is 0 Å². The van der Waals surface area contributed by atoms with Crippen molar-refractivity contribution in [3.8, 4) is 0 Å². The van der Waals surface area contributed by atoms with Crippen LogP contribution in [0.15, 0.2) is 0 Å². The fraction of sp³-hybridized carbons (Fsp3) is 0.929. The molecular weight excluding hydrogens is 212 g/mol. The lowest BCUT2D eigenvalue weighted by Gasteiger charge is -2.31. The number of hydrogen-bond acceptors (Lipinski definition) is 2. The van der Waals surface area contributed by atoms with E-state index in [1.165, 1.54) is 32.1 Å². The molecular formula is C14H28N2O. The molecule has 1 rings (SSSR count). The Kier molecular flexibility index (Phi) is 5.96. The maximum atomic E-state index is 11.6. The van der Waals surface area contributed by atoms with Crippen molar-refractivity contribution in [1.82, 2.24) is 10.6 Å². The normalized spacial score (nSPS) is 18.6. The topological polar surface area (TPSA) is 41.1 Å². The number of carbonyl (C=O) groups is 1. The Morgan fingerprint density at radius 2 is 1.94 bits per heavy atom. The summed E-state index contributed by atoms with van der Waals surface area (Å²) in [5, 5.41) is 6.17. The lowest BCUT2D eigenvalue weighted by atomic mass is 9.78. The Bertz CT molecular complexity index is 232. The molecule has 1 amide bonds. The summed E-state index contributed by atoms with van der Waals surface area (Å²) in [7, 11) is 0. The van der Waals surface area contributed by atoms with E-state index in [9.17, 15) is 4.79 Å². The Morgan fingerprint density at radius 3 is 2.47 bits per heavy atom. The van der Waals surface area contributed by atoms with E-state index >= 15 is 0 Å². The summed E-state index contributed by atoms with van der Waals surface area (Å²) in [6.45, 7) is 8.75. The van der Waals surface area contributed by atoms with E-state index in [0.29, 0.717) is 12.0 Å². The average Bonchev–Trinajstić information content (AvgIpc) is 2.71. The third-order valence-corrected chi connectivity index (χ3v) is 3.70. The quantitative estimate of drug-likeness (QED) is 0.717. The average molecular weight is 240 g/mol. The van der Waals surface area contributed by atoms with Crippen LogP contribution in [0, 0.1) is 11.3 Å².